The van der Waals surface area contributed by atoms with Gasteiger partial charge in [0.1, 0.15) is 0 Å². The number of allylic oxidation sites excluding steroid dienone is 2. The second-order valence-corrected chi connectivity index (χ2v) is 2.53. The third-order valence-electron chi connectivity index (χ3n) is 0.532. The van der Waals surface area contributed by atoms with Crippen LogP contribution in [0.1, 0.15) is 6.92 Å². The maximum atomic E-state index is 12.0. The first-order valence-electron chi connectivity index (χ1n) is 2.13. The minimum atomic E-state index is -0.459. The zero-order valence-corrected chi connectivity index (χ0v) is 6.37. The van der Waals surface area contributed by atoms with Crippen molar-refractivity contribution < 1.29 is 4.39 Å². The summed E-state index contributed by atoms with van der Waals surface area (Å²) >= 11 is 3.06. The molecule has 0 aromatic rings. The molecule has 0 heterocycles. The molecule has 46 valence electrons. The lowest BCUT2D eigenvalue weighted by molar-refractivity contribution is 0.809. The van der Waals surface area contributed by atoms with Gasteiger partial charge in [-0.05, 0) is 11.4 Å². The van der Waals surface area contributed by atoms with Crippen LogP contribution in [0.3, 0.4) is 0 Å². The van der Waals surface area contributed by atoms with Crippen molar-refractivity contribution in [2.24, 2.45) is 4.99 Å². The van der Waals surface area contributed by atoms with E-state index < -0.39 is 5.97 Å². The van der Waals surface area contributed by atoms with Gasteiger partial charge in [-0.25, -0.2) is 0 Å². The summed E-state index contributed by atoms with van der Waals surface area (Å²) in [5.41, 5.74) is 0. The Labute approximate surface area is 56.4 Å². The molecule has 8 heavy (non-hydrogen) atoms. The maximum absolute atomic E-state index is 12.0. The number of aliphatic imine (C=N–C) groups is 1. The first-order chi connectivity index (χ1) is 3.66. The quantitative estimate of drug-likeness (QED) is 0.549. The van der Waals surface area contributed by atoms with Gasteiger partial charge < -0.3 is 0 Å². The molecule has 0 aromatic heterocycles. The van der Waals surface area contributed by atoms with E-state index in [2.05, 4.69) is 20.9 Å². The second-order valence-electron chi connectivity index (χ2n) is 1.28. The lowest BCUT2D eigenvalue weighted by Gasteiger charge is -1.82. The van der Waals surface area contributed by atoms with Gasteiger partial charge in [0.15, 0.2) is 0 Å². The van der Waals surface area contributed by atoms with Gasteiger partial charge in [0.2, 0.25) is 5.97 Å². The van der Waals surface area contributed by atoms with Crippen molar-refractivity contribution in [3.8, 4) is 0 Å². The summed E-state index contributed by atoms with van der Waals surface area (Å²) in [5, 5.41) is 0. The molecule has 0 aliphatic rings. The Kier molecular flexibility index (Phi) is 3.69. The molecular formula is C5H7BrFN. The average molecular weight is 180 g/mol. The number of halogens is 2. The van der Waals surface area contributed by atoms with Crippen LogP contribution in [0, 0.1) is 0 Å². The van der Waals surface area contributed by atoms with E-state index in [0.29, 0.717) is 0 Å². The molecule has 0 atom stereocenters. The van der Waals surface area contributed by atoms with Crippen molar-refractivity contribution >= 4 is 21.9 Å². The Morgan fingerprint density at radius 2 is 2.25 bits per heavy atom. The molecule has 0 saturated carbocycles. The highest BCUT2D eigenvalue weighted by Crippen LogP contribution is 2.01. The van der Waals surface area contributed by atoms with Gasteiger partial charge in [0.25, 0.3) is 0 Å². The fourth-order valence-corrected chi connectivity index (χ4v) is 0.418. The zero-order chi connectivity index (χ0) is 6.57. The van der Waals surface area contributed by atoms with Gasteiger partial charge in [-0.15, -0.1) is 0 Å². The molecule has 0 unspecified atom stereocenters. The van der Waals surface area contributed by atoms with Gasteiger partial charge in [0.05, 0.1) is 0 Å². The predicted molar refractivity (Wildman–Crippen MR) is 37.2 cm³/mol. The van der Waals surface area contributed by atoms with E-state index in [4.69, 9.17) is 0 Å². The topological polar surface area (TPSA) is 12.4 Å². The summed E-state index contributed by atoms with van der Waals surface area (Å²) in [6.07, 6.45) is 1.31. The van der Waals surface area contributed by atoms with E-state index in [-0.39, 0.29) is 0 Å². The molecule has 0 amide bonds. The molecule has 0 aromatic carbocycles. The highest BCUT2D eigenvalue weighted by atomic mass is 79.9. The number of hydrogen-bond donors (Lipinski definition) is 0. The number of rotatable bonds is 1. The molecule has 0 aliphatic heterocycles. The van der Waals surface area contributed by atoms with Crippen LogP contribution in [-0.4, -0.2) is 13.0 Å². The van der Waals surface area contributed by atoms with Gasteiger partial charge >= 0.3 is 0 Å². The van der Waals surface area contributed by atoms with Gasteiger partial charge in [-0.2, -0.15) is 4.39 Å². The average Bonchev–Trinajstić information content (AvgIpc) is 1.65. The van der Waals surface area contributed by atoms with Crippen LogP contribution < -0.4 is 0 Å². The molecule has 0 spiro atoms. The lowest BCUT2D eigenvalue weighted by atomic mass is 10.5. The predicted octanol–water partition coefficient (Wildman–Crippen LogP) is 2.28. The smallest absolute Gasteiger partial charge is 0.208 e. The molecule has 0 fully saturated rings. The van der Waals surface area contributed by atoms with Crippen molar-refractivity contribution in [3.05, 3.63) is 10.6 Å². The fourth-order valence-electron chi connectivity index (χ4n) is 0.229. The molecule has 1 nitrogen and oxygen atoms in total. The summed E-state index contributed by atoms with van der Waals surface area (Å²) in [6.45, 7) is 1.74. The zero-order valence-electron chi connectivity index (χ0n) is 4.78. The third kappa shape index (κ3) is 3.99. The molecule has 0 saturated heterocycles. The standard InChI is InChI=1S/C5H7BrFN/c1-4(6)3-5(7)8-2/h3H,1-2H3/b4-3+,8-5?. The maximum Gasteiger partial charge on any atom is 0.208 e. The molecule has 0 rings (SSSR count). The summed E-state index contributed by atoms with van der Waals surface area (Å²) in [4.78, 5) is 3.27. The van der Waals surface area contributed by atoms with Gasteiger partial charge in [-0.3, -0.25) is 4.99 Å². The van der Waals surface area contributed by atoms with Crippen molar-refractivity contribution in [1.82, 2.24) is 0 Å². The Morgan fingerprint density at radius 3 is 2.38 bits per heavy atom. The number of nitrogens with zero attached hydrogens (tertiary/aromatic N) is 1. The van der Waals surface area contributed by atoms with Crippen molar-refractivity contribution in [2.75, 3.05) is 7.05 Å². The highest BCUT2D eigenvalue weighted by Gasteiger charge is 1.85. The Hall–Kier alpha value is -0.180. The molecule has 3 heteroatoms. The van der Waals surface area contributed by atoms with Crippen molar-refractivity contribution in [1.29, 1.82) is 0 Å². The monoisotopic (exact) mass is 179 g/mol. The molecule has 0 aliphatic carbocycles. The van der Waals surface area contributed by atoms with Crippen LogP contribution in [0.15, 0.2) is 15.6 Å². The van der Waals surface area contributed by atoms with Crippen LogP contribution in [0.25, 0.3) is 0 Å². The Morgan fingerprint density at radius 1 is 1.75 bits per heavy atom. The van der Waals surface area contributed by atoms with E-state index in [9.17, 15) is 4.39 Å². The van der Waals surface area contributed by atoms with E-state index in [0.717, 1.165) is 4.48 Å². The summed E-state index contributed by atoms with van der Waals surface area (Å²) in [5.74, 6) is -0.459. The second kappa shape index (κ2) is 3.78. The van der Waals surface area contributed by atoms with E-state index >= 15 is 0 Å². The van der Waals surface area contributed by atoms with Crippen LogP contribution >= 0.6 is 15.9 Å². The van der Waals surface area contributed by atoms with Gasteiger partial charge in [-0.1, -0.05) is 15.9 Å². The van der Waals surface area contributed by atoms with Crippen molar-refractivity contribution in [2.45, 2.75) is 6.92 Å². The van der Waals surface area contributed by atoms with Gasteiger partial charge in [0, 0.05) is 13.1 Å². The minimum Gasteiger partial charge on any atom is -0.261 e. The highest BCUT2D eigenvalue weighted by molar-refractivity contribution is 9.11. The minimum absolute atomic E-state index is 0.459. The fraction of sp³-hybridized carbons (Fsp3) is 0.400. The van der Waals surface area contributed by atoms with Crippen LogP contribution in [-0.2, 0) is 0 Å². The molecular weight excluding hydrogens is 173 g/mol. The summed E-state index contributed by atoms with van der Waals surface area (Å²) in [7, 11) is 1.40. The van der Waals surface area contributed by atoms with Crippen LogP contribution in [0.4, 0.5) is 4.39 Å². The first kappa shape index (κ1) is 7.82. The Balaban J connectivity index is 3.89. The SMILES string of the molecule is CN=C(F)/C=C(\C)Br. The summed E-state index contributed by atoms with van der Waals surface area (Å²) in [6, 6.07) is 0. The first-order valence-corrected chi connectivity index (χ1v) is 2.92. The van der Waals surface area contributed by atoms with E-state index in [1.54, 1.807) is 6.92 Å². The molecule has 0 N–H and O–H groups in total. The van der Waals surface area contributed by atoms with E-state index in [1.165, 1.54) is 13.1 Å². The molecule has 0 radical (unpaired) electrons. The summed E-state index contributed by atoms with van der Waals surface area (Å²) < 4.78 is 12.8. The van der Waals surface area contributed by atoms with Crippen molar-refractivity contribution in [3.63, 3.8) is 0 Å². The molecule has 0 bridgehead atoms. The largest absolute Gasteiger partial charge is 0.261 e. The lowest BCUT2D eigenvalue weighted by Crippen LogP contribution is -1.79. The van der Waals surface area contributed by atoms with E-state index in [1.807, 2.05) is 0 Å². The number of hydrogen-bond acceptors (Lipinski definition) is 1. The Bertz CT molecular complexity index is 124. The van der Waals surface area contributed by atoms with Crippen LogP contribution in [0.2, 0.25) is 0 Å². The third-order valence-corrected chi connectivity index (χ3v) is 0.761. The normalized spacial score (nSPS) is 14.5. The van der Waals surface area contributed by atoms with Crippen LogP contribution in [0.5, 0.6) is 0 Å².